The fourth-order valence-electron chi connectivity index (χ4n) is 1.85. The zero-order valence-electron chi connectivity index (χ0n) is 12.3. The largest absolute Gasteiger partial charge is 0.395 e. The summed E-state index contributed by atoms with van der Waals surface area (Å²) in [5, 5.41) is 12.2. The van der Waals surface area contributed by atoms with Crippen molar-refractivity contribution in [2.75, 3.05) is 26.7 Å². The Kier molecular flexibility index (Phi) is 6.61. The summed E-state index contributed by atoms with van der Waals surface area (Å²) in [6.07, 6.45) is 1.06. The number of likely N-dealkylation sites (N-methyl/N-ethyl adjacent to an activating group) is 1. The van der Waals surface area contributed by atoms with E-state index in [0.717, 1.165) is 22.8 Å². The molecule has 1 atom stereocenters. The van der Waals surface area contributed by atoms with Gasteiger partial charge in [-0.25, -0.2) is 8.42 Å². The Morgan fingerprint density at radius 2 is 1.90 bits per heavy atom. The number of sulfonamides is 1. The van der Waals surface area contributed by atoms with Crippen LogP contribution in [0.15, 0.2) is 29.2 Å². The van der Waals surface area contributed by atoms with Gasteiger partial charge in [-0.05, 0) is 37.6 Å². The standard InChI is InChI=1S/C14H24N2O3S/c1-4-9-15-12(2)13-5-7-14(8-6-13)20(18,19)16(3)10-11-17/h5-8,12,15,17H,4,9-11H2,1-3H3. The molecule has 114 valence electrons. The van der Waals surface area contributed by atoms with Crippen LogP contribution in [0.5, 0.6) is 0 Å². The zero-order chi connectivity index (χ0) is 15.2. The van der Waals surface area contributed by atoms with Gasteiger partial charge in [-0.2, -0.15) is 4.31 Å². The lowest BCUT2D eigenvalue weighted by molar-refractivity contribution is 0.266. The van der Waals surface area contributed by atoms with Crippen LogP contribution in [0.1, 0.15) is 31.9 Å². The molecule has 6 heteroatoms. The maximum Gasteiger partial charge on any atom is 0.242 e. The second kappa shape index (κ2) is 7.73. The van der Waals surface area contributed by atoms with Crippen molar-refractivity contribution in [2.45, 2.75) is 31.2 Å². The molecule has 5 nitrogen and oxygen atoms in total. The lowest BCUT2D eigenvalue weighted by Crippen LogP contribution is -2.29. The molecule has 1 aromatic carbocycles. The molecule has 0 radical (unpaired) electrons. The van der Waals surface area contributed by atoms with Gasteiger partial charge in [0.15, 0.2) is 0 Å². The molecule has 1 rings (SSSR count). The number of nitrogens with one attached hydrogen (secondary N) is 1. The predicted octanol–water partition coefficient (Wildman–Crippen LogP) is 1.36. The van der Waals surface area contributed by atoms with Gasteiger partial charge in [0.05, 0.1) is 11.5 Å². The third-order valence-corrected chi connectivity index (χ3v) is 5.07. The number of hydrogen-bond acceptors (Lipinski definition) is 4. The Morgan fingerprint density at radius 1 is 1.30 bits per heavy atom. The van der Waals surface area contributed by atoms with Crippen LogP contribution in [0.3, 0.4) is 0 Å². The van der Waals surface area contributed by atoms with Gasteiger partial charge in [0.25, 0.3) is 0 Å². The first-order valence-corrected chi connectivity index (χ1v) is 8.28. The van der Waals surface area contributed by atoms with E-state index in [4.69, 9.17) is 5.11 Å². The zero-order valence-corrected chi connectivity index (χ0v) is 13.2. The van der Waals surface area contributed by atoms with E-state index in [1.54, 1.807) is 12.1 Å². The molecule has 20 heavy (non-hydrogen) atoms. The lowest BCUT2D eigenvalue weighted by atomic mass is 10.1. The first-order chi connectivity index (χ1) is 9.43. The van der Waals surface area contributed by atoms with Crippen LogP contribution in [-0.4, -0.2) is 44.6 Å². The van der Waals surface area contributed by atoms with Gasteiger partial charge >= 0.3 is 0 Å². The molecule has 0 aliphatic carbocycles. The van der Waals surface area contributed by atoms with E-state index in [2.05, 4.69) is 19.2 Å². The minimum Gasteiger partial charge on any atom is -0.395 e. The Balaban J connectivity index is 2.85. The van der Waals surface area contributed by atoms with Gasteiger partial charge < -0.3 is 10.4 Å². The van der Waals surface area contributed by atoms with Gasteiger partial charge in [-0.1, -0.05) is 19.1 Å². The van der Waals surface area contributed by atoms with Gasteiger partial charge in [0, 0.05) is 19.6 Å². The van der Waals surface area contributed by atoms with Crippen molar-refractivity contribution in [3.05, 3.63) is 29.8 Å². The van der Waals surface area contributed by atoms with Crippen molar-refractivity contribution in [1.29, 1.82) is 0 Å². The van der Waals surface area contributed by atoms with Gasteiger partial charge in [-0.3, -0.25) is 0 Å². The van der Waals surface area contributed by atoms with E-state index >= 15 is 0 Å². The van der Waals surface area contributed by atoms with E-state index in [1.165, 1.54) is 7.05 Å². The van der Waals surface area contributed by atoms with Gasteiger partial charge in [0.2, 0.25) is 10.0 Å². The summed E-state index contributed by atoms with van der Waals surface area (Å²) in [5.41, 5.74) is 1.06. The second-order valence-electron chi connectivity index (χ2n) is 4.80. The van der Waals surface area contributed by atoms with E-state index < -0.39 is 10.0 Å². The van der Waals surface area contributed by atoms with Crippen molar-refractivity contribution in [3.8, 4) is 0 Å². The minimum absolute atomic E-state index is 0.0958. The molecule has 0 heterocycles. The van der Waals surface area contributed by atoms with Crippen LogP contribution in [0.25, 0.3) is 0 Å². The smallest absolute Gasteiger partial charge is 0.242 e. The number of benzene rings is 1. The minimum atomic E-state index is -3.51. The molecular weight excluding hydrogens is 276 g/mol. The fourth-order valence-corrected chi connectivity index (χ4v) is 3.01. The molecule has 2 N–H and O–H groups in total. The summed E-state index contributed by atoms with van der Waals surface area (Å²) < 4.78 is 25.5. The average molecular weight is 300 g/mol. The Labute approximate surface area is 121 Å². The van der Waals surface area contributed by atoms with E-state index in [0.29, 0.717) is 0 Å². The monoisotopic (exact) mass is 300 g/mol. The summed E-state index contributed by atoms with van der Waals surface area (Å²) in [6.45, 7) is 4.99. The average Bonchev–Trinajstić information content (AvgIpc) is 2.45. The number of aliphatic hydroxyl groups excluding tert-OH is 1. The summed E-state index contributed by atoms with van der Waals surface area (Å²) in [5.74, 6) is 0. The molecule has 1 unspecified atom stereocenters. The Morgan fingerprint density at radius 3 is 2.40 bits per heavy atom. The number of nitrogens with zero attached hydrogens (tertiary/aromatic N) is 1. The molecule has 0 bridgehead atoms. The third-order valence-electron chi connectivity index (χ3n) is 3.20. The van der Waals surface area contributed by atoms with Crippen LogP contribution >= 0.6 is 0 Å². The number of rotatable bonds is 8. The maximum absolute atomic E-state index is 12.2. The number of hydrogen-bond donors (Lipinski definition) is 2. The summed E-state index contributed by atoms with van der Waals surface area (Å²) in [4.78, 5) is 0.250. The highest BCUT2D eigenvalue weighted by atomic mass is 32.2. The van der Waals surface area contributed by atoms with Crippen molar-refractivity contribution in [3.63, 3.8) is 0 Å². The molecule has 0 saturated heterocycles. The molecule has 1 aromatic rings. The van der Waals surface area contributed by atoms with Crippen molar-refractivity contribution < 1.29 is 13.5 Å². The van der Waals surface area contributed by atoms with Crippen LogP contribution in [0, 0.1) is 0 Å². The van der Waals surface area contributed by atoms with Crippen LogP contribution in [0.4, 0.5) is 0 Å². The van der Waals surface area contributed by atoms with E-state index in [1.807, 2.05) is 12.1 Å². The summed E-state index contributed by atoms with van der Waals surface area (Å²) in [6, 6.07) is 7.08. The van der Waals surface area contributed by atoms with Gasteiger partial charge in [0.1, 0.15) is 0 Å². The van der Waals surface area contributed by atoms with E-state index in [9.17, 15) is 8.42 Å². The molecule has 0 spiro atoms. The molecule has 0 fully saturated rings. The molecule has 0 aromatic heterocycles. The molecule has 0 amide bonds. The molecule has 0 aliphatic heterocycles. The topological polar surface area (TPSA) is 69.6 Å². The van der Waals surface area contributed by atoms with Gasteiger partial charge in [-0.15, -0.1) is 0 Å². The first kappa shape index (κ1) is 17.1. The SMILES string of the molecule is CCCNC(C)c1ccc(S(=O)(=O)N(C)CCO)cc1. The Bertz CT molecular complexity index is 500. The normalized spacial score (nSPS) is 13.7. The van der Waals surface area contributed by atoms with Crippen LogP contribution in [0.2, 0.25) is 0 Å². The highest BCUT2D eigenvalue weighted by Crippen LogP contribution is 2.18. The Hall–Kier alpha value is -0.950. The summed E-state index contributed by atoms with van der Waals surface area (Å²) >= 11 is 0. The predicted molar refractivity (Wildman–Crippen MR) is 80.1 cm³/mol. The fraction of sp³-hybridized carbons (Fsp3) is 0.571. The maximum atomic E-state index is 12.2. The highest BCUT2D eigenvalue weighted by molar-refractivity contribution is 7.89. The molecular formula is C14H24N2O3S. The first-order valence-electron chi connectivity index (χ1n) is 6.84. The van der Waals surface area contributed by atoms with Crippen molar-refractivity contribution in [1.82, 2.24) is 9.62 Å². The van der Waals surface area contributed by atoms with Crippen molar-refractivity contribution >= 4 is 10.0 Å². The molecule has 0 aliphatic rings. The number of aliphatic hydroxyl groups is 1. The van der Waals surface area contributed by atoms with Crippen LogP contribution < -0.4 is 5.32 Å². The van der Waals surface area contributed by atoms with Crippen LogP contribution in [-0.2, 0) is 10.0 Å². The summed E-state index contributed by atoms with van der Waals surface area (Å²) in [7, 11) is -2.04. The highest BCUT2D eigenvalue weighted by Gasteiger charge is 2.20. The third kappa shape index (κ3) is 4.28. The lowest BCUT2D eigenvalue weighted by Gasteiger charge is -2.17. The quantitative estimate of drug-likeness (QED) is 0.760. The van der Waals surface area contributed by atoms with Crippen molar-refractivity contribution in [2.24, 2.45) is 0 Å². The molecule has 0 saturated carbocycles. The van der Waals surface area contributed by atoms with E-state index in [-0.39, 0.29) is 24.1 Å². The second-order valence-corrected chi connectivity index (χ2v) is 6.84.